The van der Waals surface area contributed by atoms with E-state index in [1.165, 1.54) is 0 Å². The van der Waals surface area contributed by atoms with Crippen LogP contribution in [0.2, 0.25) is 0 Å². The van der Waals surface area contributed by atoms with Gasteiger partial charge in [-0.3, -0.25) is 4.99 Å². The van der Waals surface area contributed by atoms with Gasteiger partial charge < -0.3 is 14.7 Å². The van der Waals surface area contributed by atoms with E-state index in [1.54, 1.807) is 6.08 Å². The van der Waals surface area contributed by atoms with Gasteiger partial charge in [-0.1, -0.05) is 6.08 Å². The number of hydrogen-bond acceptors (Lipinski definition) is 5. The smallest absolute Gasteiger partial charge is 0.211 e. The third kappa shape index (κ3) is 3.79. The molecule has 0 spiro atoms. The molecule has 1 N–H and O–H groups in total. The quantitative estimate of drug-likeness (QED) is 0.726. The molecule has 0 radical (unpaired) electrons. The monoisotopic (exact) mass is 417 g/mol. The average molecular weight is 417 g/mol. The number of rotatable bonds is 6. The van der Waals surface area contributed by atoms with Crippen molar-refractivity contribution in [2.24, 2.45) is 4.99 Å². The standard InChI is InChI=1S/C22H22F3N3O2/c1-3-19-12(2)26-20(28(19)11-14-6-7-30-14)9-13-8-18(25)15(10-17(13)24)22-16(23)4-5-21(29)27-22/h3-5,8,10,12,14,19H,1,6-7,9,11H2,2H3,(H,27,29)/t12?,14-,19?/m0/s1. The van der Waals surface area contributed by atoms with Gasteiger partial charge in [0.15, 0.2) is 0 Å². The van der Waals surface area contributed by atoms with E-state index in [2.05, 4.69) is 16.6 Å². The van der Waals surface area contributed by atoms with Gasteiger partial charge >= 0.3 is 0 Å². The Morgan fingerprint density at radius 1 is 1.23 bits per heavy atom. The zero-order chi connectivity index (χ0) is 21.4. The molecule has 2 unspecified atom stereocenters. The number of aromatic hydroxyl groups is 1. The lowest BCUT2D eigenvalue weighted by molar-refractivity contribution is -0.0605. The number of hydrogen-bond donors (Lipinski definition) is 1. The summed E-state index contributed by atoms with van der Waals surface area (Å²) in [6, 6.07) is 3.82. The summed E-state index contributed by atoms with van der Waals surface area (Å²) in [5.74, 6) is -2.23. The Morgan fingerprint density at radius 3 is 2.67 bits per heavy atom. The van der Waals surface area contributed by atoms with Gasteiger partial charge in [0.25, 0.3) is 0 Å². The van der Waals surface area contributed by atoms with Gasteiger partial charge in [0, 0.05) is 31.2 Å². The van der Waals surface area contributed by atoms with Crippen molar-refractivity contribution in [3.05, 3.63) is 59.9 Å². The van der Waals surface area contributed by atoms with Crippen LogP contribution in [0.3, 0.4) is 0 Å². The molecule has 1 aromatic heterocycles. The van der Waals surface area contributed by atoms with E-state index in [9.17, 15) is 18.3 Å². The second-order valence-corrected chi connectivity index (χ2v) is 7.55. The fourth-order valence-corrected chi connectivity index (χ4v) is 3.86. The van der Waals surface area contributed by atoms with Gasteiger partial charge in [0.1, 0.15) is 29.0 Å². The van der Waals surface area contributed by atoms with E-state index in [4.69, 9.17) is 4.74 Å². The Balaban J connectivity index is 1.62. The fourth-order valence-electron chi connectivity index (χ4n) is 3.86. The molecule has 2 aliphatic heterocycles. The third-order valence-corrected chi connectivity index (χ3v) is 5.54. The van der Waals surface area contributed by atoms with Crippen molar-refractivity contribution in [2.45, 2.75) is 38.0 Å². The number of ether oxygens (including phenoxy) is 1. The number of benzene rings is 1. The molecule has 4 rings (SSSR count). The van der Waals surface area contributed by atoms with Crippen molar-refractivity contribution >= 4 is 5.84 Å². The summed E-state index contributed by atoms with van der Waals surface area (Å²) >= 11 is 0. The summed E-state index contributed by atoms with van der Waals surface area (Å²) < 4.78 is 49.1. The van der Waals surface area contributed by atoms with Crippen molar-refractivity contribution in [3.63, 3.8) is 0 Å². The summed E-state index contributed by atoms with van der Waals surface area (Å²) in [4.78, 5) is 10.2. The van der Waals surface area contributed by atoms with Gasteiger partial charge in [-0.25, -0.2) is 18.2 Å². The lowest BCUT2D eigenvalue weighted by atomic mass is 10.0. The molecule has 2 aliphatic rings. The van der Waals surface area contributed by atoms with E-state index >= 15 is 0 Å². The largest absolute Gasteiger partial charge is 0.493 e. The van der Waals surface area contributed by atoms with Crippen LogP contribution in [0.4, 0.5) is 13.2 Å². The molecular weight excluding hydrogens is 395 g/mol. The summed E-state index contributed by atoms with van der Waals surface area (Å²) in [5, 5.41) is 9.47. The molecule has 1 fully saturated rings. The SMILES string of the molecule is C=CC1C(C)N=C(Cc2cc(F)c(-c3nc(O)ccc3F)cc2F)N1C[C@@H]1CCO1. The van der Waals surface area contributed by atoms with Crippen LogP contribution in [0.15, 0.2) is 41.9 Å². The average Bonchev–Trinajstić information content (AvgIpc) is 2.97. The molecule has 5 nitrogen and oxygen atoms in total. The molecular formula is C22H22F3N3O2. The van der Waals surface area contributed by atoms with Crippen LogP contribution in [0.25, 0.3) is 11.3 Å². The molecule has 0 bridgehead atoms. The highest BCUT2D eigenvalue weighted by molar-refractivity contribution is 5.87. The van der Waals surface area contributed by atoms with Crippen LogP contribution in [-0.2, 0) is 11.2 Å². The molecule has 0 amide bonds. The predicted octanol–water partition coefficient (Wildman–Crippen LogP) is 3.86. The van der Waals surface area contributed by atoms with Gasteiger partial charge in [-0.2, -0.15) is 0 Å². The second kappa shape index (κ2) is 8.10. The van der Waals surface area contributed by atoms with Gasteiger partial charge in [-0.05, 0) is 37.1 Å². The highest BCUT2D eigenvalue weighted by Gasteiger charge is 2.35. The summed E-state index contributed by atoms with van der Waals surface area (Å²) in [6.45, 7) is 7.16. The first kappa shape index (κ1) is 20.4. The van der Waals surface area contributed by atoms with Crippen molar-refractivity contribution in [2.75, 3.05) is 13.2 Å². The van der Waals surface area contributed by atoms with Crippen LogP contribution in [0.5, 0.6) is 5.88 Å². The highest BCUT2D eigenvalue weighted by Crippen LogP contribution is 2.30. The first-order valence-corrected chi connectivity index (χ1v) is 9.78. The Morgan fingerprint density at radius 2 is 2.00 bits per heavy atom. The van der Waals surface area contributed by atoms with Crippen LogP contribution in [0.1, 0.15) is 18.9 Å². The third-order valence-electron chi connectivity index (χ3n) is 5.54. The molecule has 158 valence electrons. The normalized spacial score (nSPS) is 23.3. The maximum Gasteiger partial charge on any atom is 0.211 e. The van der Waals surface area contributed by atoms with E-state index in [-0.39, 0.29) is 35.7 Å². The molecule has 3 atom stereocenters. The molecule has 30 heavy (non-hydrogen) atoms. The minimum atomic E-state index is -0.853. The van der Waals surface area contributed by atoms with Crippen molar-refractivity contribution < 1.29 is 23.0 Å². The zero-order valence-corrected chi connectivity index (χ0v) is 16.5. The van der Waals surface area contributed by atoms with Gasteiger partial charge in [0.05, 0.1) is 18.2 Å². The number of amidine groups is 1. The molecule has 2 aromatic rings. The minimum Gasteiger partial charge on any atom is -0.493 e. The second-order valence-electron chi connectivity index (χ2n) is 7.55. The Bertz CT molecular complexity index is 1010. The summed E-state index contributed by atoms with van der Waals surface area (Å²) in [6.07, 6.45) is 2.92. The van der Waals surface area contributed by atoms with E-state index in [0.29, 0.717) is 12.4 Å². The lowest BCUT2D eigenvalue weighted by Gasteiger charge is -2.35. The molecule has 1 saturated heterocycles. The Hall–Kier alpha value is -2.87. The maximum absolute atomic E-state index is 14.8. The predicted molar refractivity (Wildman–Crippen MR) is 107 cm³/mol. The topological polar surface area (TPSA) is 58.0 Å². The number of aliphatic imine (C=N–C) groups is 1. The van der Waals surface area contributed by atoms with E-state index in [1.807, 2.05) is 11.8 Å². The zero-order valence-electron chi connectivity index (χ0n) is 16.5. The Labute approximate surface area is 172 Å². The fraction of sp³-hybridized carbons (Fsp3) is 0.364. The number of pyridine rings is 1. The molecule has 0 saturated carbocycles. The first-order valence-electron chi connectivity index (χ1n) is 9.78. The van der Waals surface area contributed by atoms with Gasteiger partial charge in [0.2, 0.25) is 5.88 Å². The van der Waals surface area contributed by atoms with Crippen LogP contribution >= 0.6 is 0 Å². The van der Waals surface area contributed by atoms with Crippen molar-refractivity contribution in [3.8, 4) is 17.1 Å². The molecule has 0 aliphatic carbocycles. The number of halogens is 3. The van der Waals surface area contributed by atoms with E-state index in [0.717, 1.165) is 37.3 Å². The maximum atomic E-state index is 14.8. The van der Waals surface area contributed by atoms with E-state index < -0.39 is 29.0 Å². The van der Waals surface area contributed by atoms with Crippen molar-refractivity contribution in [1.82, 2.24) is 9.88 Å². The minimum absolute atomic E-state index is 0.0398. The molecule has 8 heteroatoms. The Kier molecular flexibility index (Phi) is 5.51. The van der Waals surface area contributed by atoms with Crippen LogP contribution < -0.4 is 0 Å². The molecule has 3 heterocycles. The number of nitrogens with zero attached hydrogens (tertiary/aromatic N) is 3. The highest BCUT2D eigenvalue weighted by atomic mass is 19.1. The summed E-state index contributed by atoms with van der Waals surface area (Å²) in [7, 11) is 0. The van der Waals surface area contributed by atoms with Crippen molar-refractivity contribution in [1.29, 1.82) is 0 Å². The first-order chi connectivity index (χ1) is 14.4. The van der Waals surface area contributed by atoms with Crippen LogP contribution in [0, 0.1) is 17.5 Å². The van der Waals surface area contributed by atoms with Gasteiger partial charge in [-0.15, -0.1) is 6.58 Å². The number of aromatic nitrogens is 1. The summed E-state index contributed by atoms with van der Waals surface area (Å²) in [5.41, 5.74) is -0.692. The lowest BCUT2D eigenvalue weighted by Crippen LogP contribution is -2.46. The molecule has 1 aromatic carbocycles. The van der Waals surface area contributed by atoms with Crippen LogP contribution in [-0.4, -0.2) is 52.2 Å².